The molecule has 0 fully saturated rings. The van der Waals surface area contributed by atoms with E-state index in [2.05, 4.69) is 16.9 Å². The van der Waals surface area contributed by atoms with Gasteiger partial charge in [-0.25, -0.2) is 4.98 Å². The van der Waals surface area contributed by atoms with Gasteiger partial charge in [0, 0.05) is 12.2 Å². The molecule has 0 aliphatic carbocycles. The van der Waals surface area contributed by atoms with Gasteiger partial charge in [0.05, 0.1) is 22.8 Å². The summed E-state index contributed by atoms with van der Waals surface area (Å²) in [5.41, 5.74) is 1.00. The van der Waals surface area contributed by atoms with Crippen LogP contribution in [0.15, 0.2) is 58.3 Å². The molecule has 3 aromatic rings. The number of carbonyl (C=O) groups excluding carboxylic acids is 1. The maximum Gasteiger partial charge on any atom is 0.263 e. The molecule has 3 rings (SSSR count). The first-order chi connectivity index (χ1) is 12.6. The average molecular weight is 382 g/mol. The molecule has 0 radical (unpaired) electrons. The fourth-order valence-electron chi connectivity index (χ4n) is 2.29. The summed E-state index contributed by atoms with van der Waals surface area (Å²) in [5.74, 6) is -0.106. The number of allylic oxidation sites excluding steroid dienone is 1. The van der Waals surface area contributed by atoms with Crippen molar-refractivity contribution < 1.29 is 4.79 Å². The Balaban J connectivity index is 1.74. The first-order valence-electron chi connectivity index (χ1n) is 7.64. The zero-order valence-electron chi connectivity index (χ0n) is 13.6. The second-order valence-corrected chi connectivity index (χ2v) is 7.10. The average Bonchev–Trinajstić information content (AvgIpc) is 3.12. The molecule has 0 unspecified atom stereocenters. The highest BCUT2D eigenvalue weighted by molar-refractivity contribution is 7.99. The third kappa shape index (κ3) is 3.85. The Kier molecular flexibility index (Phi) is 5.51. The molecular weight excluding hydrogens is 368 g/mol. The van der Waals surface area contributed by atoms with Crippen LogP contribution in [0.5, 0.6) is 0 Å². The van der Waals surface area contributed by atoms with E-state index in [0.29, 0.717) is 33.2 Å². The molecule has 2 aromatic heterocycles. The molecule has 130 valence electrons. The van der Waals surface area contributed by atoms with Gasteiger partial charge >= 0.3 is 0 Å². The van der Waals surface area contributed by atoms with Crippen LogP contribution in [0.3, 0.4) is 0 Å². The monoisotopic (exact) mass is 382 g/mol. The topological polar surface area (TPSA) is 87.8 Å². The zero-order chi connectivity index (χ0) is 18.5. The molecule has 1 amide bonds. The third-order valence-corrected chi connectivity index (χ3v) is 5.27. The Bertz CT molecular complexity index is 1060. The summed E-state index contributed by atoms with van der Waals surface area (Å²) in [6.45, 7) is 4.01. The number of nitrogens with one attached hydrogen (secondary N) is 1. The van der Waals surface area contributed by atoms with E-state index in [1.807, 2.05) is 11.4 Å². The lowest BCUT2D eigenvalue weighted by atomic mass is 10.2. The van der Waals surface area contributed by atoms with Crippen molar-refractivity contribution in [3.05, 3.63) is 64.3 Å². The van der Waals surface area contributed by atoms with E-state index in [-0.39, 0.29) is 17.2 Å². The molecule has 0 saturated carbocycles. The molecule has 0 aliphatic heterocycles. The van der Waals surface area contributed by atoms with Gasteiger partial charge in [0.2, 0.25) is 5.91 Å². The molecule has 0 spiro atoms. The van der Waals surface area contributed by atoms with E-state index in [1.165, 1.54) is 27.7 Å². The Morgan fingerprint density at radius 1 is 1.38 bits per heavy atom. The van der Waals surface area contributed by atoms with E-state index in [1.54, 1.807) is 36.4 Å². The van der Waals surface area contributed by atoms with Gasteiger partial charge in [-0.1, -0.05) is 17.8 Å². The quantitative estimate of drug-likeness (QED) is 0.402. The van der Waals surface area contributed by atoms with Crippen LogP contribution >= 0.6 is 23.1 Å². The summed E-state index contributed by atoms with van der Waals surface area (Å²) in [5, 5.41) is 14.4. The van der Waals surface area contributed by atoms with Crippen LogP contribution in [0.1, 0.15) is 5.56 Å². The molecule has 0 bridgehead atoms. The maximum atomic E-state index is 12.5. The number of thiophene rings is 1. The van der Waals surface area contributed by atoms with Crippen LogP contribution in [0, 0.1) is 11.3 Å². The van der Waals surface area contributed by atoms with Gasteiger partial charge in [-0.3, -0.25) is 14.2 Å². The SMILES string of the molecule is C=CCn1c(SCC(=O)Nc2ccc(C#N)cc2)nc2sccc2c1=O. The summed E-state index contributed by atoms with van der Waals surface area (Å²) in [7, 11) is 0. The maximum absolute atomic E-state index is 12.5. The van der Waals surface area contributed by atoms with Gasteiger partial charge in [0.1, 0.15) is 4.83 Å². The van der Waals surface area contributed by atoms with Crippen LogP contribution in [0.25, 0.3) is 10.2 Å². The van der Waals surface area contributed by atoms with Gasteiger partial charge in [-0.05, 0) is 35.7 Å². The molecular formula is C18H14N4O2S2. The number of aromatic nitrogens is 2. The molecule has 1 N–H and O–H groups in total. The number of fused-ring (bicyclic) bond motifs is 1. The van der Waals surface area contributed by atoms with Crippen LogP contribution in [0.2, 0.25) is 0 Å². The minimum absolute atomic E-state index is 0.112. The number of hydrogen-bond acceptors (Lipinski definition) is 6. The molecule has 2 heterocycles. The lowest BCUT2D eigenvalue weighted by molar-refractivity contribution is -0.113. The zero-order valence-corrected chi connectivity index (χ0v) is 15.3. The van der Waals surface area contributed by atoms with Crippen LogP contribution in [-0.4, -0.2) is 21.2 Å². The number of nitrogens with zero attached hydrogens (tertiary/aromatic N) is 3. The summed E-state index contributed by atoms with van der Waals surface area (Å²) < 4.78 is 1.52. The number of rotatable bonds is 6. The molecule has 0 saturated heterocycles. The van der Waals surface area contributed by atoms with Crippen molar-refractivity contribution in [2.45, 2.75) is 11.7 Å². The van der Waals surface area contributed by atoms with Crippen molar-refractivity contribution in [3.8, 4) is 6.07 Å². The van der Waals surface area contributed by atoms with E-state index in [9.17, 15) is 9.59 Å². The van der Waals surface area contributed by atoms with Gasteiger partial charge in [0.25, 0.3) is 5.56 Å². The largest absolute Gasteiger partial charge is 0.325 e. The van der Waals surface area contributed by atoms with E-state index in [4.69, 9.17) is 5.26 Å². The molecule has 0 atom stereocenters. The van der Waals surface area contributed by atoms with Gasteiger partial charge in [-0.15, -0.1) is 17.9 Å². The molecule has 0 aliphatic rings. The Morgan fingerprint density at radius 3 is 2.85 bits per heavy atom. The lowest BCUT2D eigenvalue weighted by Crippen LogP contribution is -2.23. The van der Waals surface area contributed by atoms with Crippen molar-refractivity contribution in [3.63, 3.8) is 0 Å². The number of nitriles is 1. The molecule has 26 heavy (non-hydrogen) atoms. The van der Waals surface area contributed by atoms with Crippen LogP contribution in [-0.2, 0) is 11.3 Å². The second-order valence-electron chi connectivity index (χ2n) is 5.26. The summed E-state index contributed by atoms with van der Waals surface area (Å²) in [6.07, 6.45) is 1.63. The van der Waals surface area contributed by atoms with Gasteiger partial charge < -0.3 is 5.32 Å². The Hall–Kier alpha value is -2.89. The molecule has 1 aromatic carbocycles. The van der Waals surface area contributed by atoms with Crippen molar-refractivity contribution in [1.29, 1.82) is 5.26 Å². The van der Waals surface area contributed by atoms with E-state index >= 15 is 0 Å². The van der Waals surface area contributed by atoms with Gasteiger partial charge in [-0.2, -0.15) is 5.26 Å². The van der Waals surface area contributed by atoms with Crippen LogP contribution < -0.4 is 10.9 Å². The summed E-state index contributed by atoms with van der Waals surface area (Å²) >= 11 is 2.59. The van der Waals surface area contributed by atoms with Crippen molar-refractivity contribution >= 4 is 44.9 Å². The number of thioether (sulfide) groups is 1. The number of amides is 1. The predicted molar refractivity (Wildman–Crippen MR) is 105 cm³/mol. The van der Waals surface area contributed by atoms with Crippen molar-refractivity contribution in [1.82, 2.24) is 9.55 Å². The highest BCUT2D eigenvalue weighted by atomic mass is 32.2. The molecule has 8 heteroatoms. The summed E-state index contributed by atoms with van der Waals surface area (Å²) in [6, 6.07) is 10.4. The standard InChI is InChI=1S/C18H14N4O2S2/c1-2-8-22-17(24)14-7-9-25-16(14)21-18(22)26-11-15(23)20-13-5-3-12(10-19)4-6-13/h2-7,9H,1,8,11H2,(H,20,23). The lowest BCUT2D eigenvalue weighted by Gasteiger charge is -2.10. The number of anilines is 1. The van der Waals surface area contributed by atoms with Crippen molar-refractivity contribution in [2.24, 2.45) is 0 Å². The smallest absolute Gasteiger partial charge is 0.263 e. The van der Waals surface area contributed by atoms with Crippen LogP contribution in [0.4, 0.5) is 5.69 Å². The highest BCUT2D eigenvalue weighted by Gasteiger charge is 2.13. The normalized spacial score (nSPS) is 10.4. The second kappa shape index (κ2) is 7.99. The highest BCUT2D eigenvalue weighted by Crippen LogP contribution is 2.21. The first-order valence-corrected chi connectivity index (χ1v) is 9.50. The number of benzene rings is 1. The Labute approximate surface area is 157 Å². The summed E-state index contributed by atoms with van der Waals surface area (Å²) in [4.78, 5) is 29.9. The third-order valence-electron chi connectivity index (χ3n) is 3.49. The molecule has 6 nitrogen and oxygen atoms in total. The minimum Gasteiger partial charge on any atom is -0.325 e. The van der Waals surface area contributed by atoms with Gasteiger partial charge in [0.15, 0.2) is 5.16 Å². The fraction of sp³-hybridized carbons (Fsp3) is 0.111. The Morgan fingerprint density at radius 2 is 2.15 bits per heavy atom. The minimum atomic E-state index is -0.217. The van der Waals surface area contributed by atoms with Crippen molar-refractivity contribution in [2.75, 3.05) is 11.1 Å². The number of hydrogen-bond donors (Lipinski definition) is 1. The number of carbonyl (C=O) groups is 1. The predicted octanol–water partition coefficient (Wildman–Crippen LogP) is 3.25. The van der Waals surface area contributed by atoms with E-state index in [0.717, 1.165) is 0 Å². The fourth-order valence-corrected chi connectivity index (χ4v) is 3.90. The first kappa shape index (κ1) is 17.9. The van der Waals surface area contributed by atoms with E-state index < -0.39 is 0 Å².